The van der Waals surface area contributed by atoms with Crippen molar-refractivity contribution in [1.29, 1.82) is 0 Å². The first kappa shape index (κ1) is 25.1. The second-order valence-corrected chi connectivity index (χ2v) is 14.1. The van der Waals surface area contributed by atoms with Crippen LogP contribution in [0.15, 0.2) is 0 Å². The van der Waals surface area contributed by atoms with Gasteiger partial charge in [-0.05, 0) is 36.5 Å². The Morgan fingerprint density at radius 2 is 1.50 bits per heavy atom. The summed E-state index contributed by atoms with van der Waals surface area (Å²) in [6.45, 7) is 9.20. The van der Waals surface area contributed by atoms with Crippen LogP contribution in [0, 0.1) is 17.3 Å². The summed E-state index contributed by atoms with van der Waals surface area (Å²) in [6.07, 6.45) is 8.00. The molecule has 0 amide bonds. The molecule has 4 atom stereocenters. The maximum absolute atomic E-state index is 10.9. The standard InChI is InChI=1S/C16H36O4P2S2/c1-14(12-16(2,3)4)8-6-5-7-9-15(13-24-22(19)20)10-11-23-21(17)18/h14-15,21-22H,5-13H2,1-4H3,(H,17,18)(H,19,20). The van der Waals surface area contributed by atoms with Crippen LogP contribution < -0.4 is 0 Å². The van der Waals surface area contributed by atoms with Gasteiger partial charge in [-0.25, -0.2) is 0 Å². The van der Waals surface area contributed by atoms with Crippen molar-refractivity contribution in [3.63, 3.8) is 0 Å². The fourth-order valence-corrected chi connectivity index (χ4v) is 6.41. The molecule has 0 aromatic heterocycles. The molecule has 146 valence electrons. The van der Waals surface area contributed by atoms with Gasteiger partial charge in [0.05, 0.1) is 0 Å². The van der Waals surface area contributed by atoms with Gasteiger partial charge in [0.2, 0.25) is 14.5 Å². The Morgan fingerprint density at radius 1 is 0.917 bits per heavy atom. The molecule has 0 rings (SSSR count). The minimum atomic E-state index is -2.48. The molecule has 4 unspecified atom stereocenters. The van der Waals surface area contributed by atoms with E-state index in [9.17, 15) is 9.13 Å². The average molecular weight is 419 g/mol. The third-order valence-electron chi connectivity index (χ3n) is 3.96. The van der Waals surface area contributed by atoms with Crippen LogP contribution in [0.1, 0.15) is 72.6 Å². The van der Waals surface area contributed by atoms with Crippen LogP contribution in [-0.2, 0) is 9.13 Å². The van der Waals surface area contributed by atoms with E-state index < -0.39 is 14.5 Å². The molecule has 0 saturated carbocycles. The Balaban J connectivity index is 3.94. The minimum Gasteiger partial charge on any atom is -0.339 e. The SMILES string of the molecule is CC(CCCCCC(CCS[PH](=O)O)CS[PH](=O)O)CC(C)(C)C. The van der Waals surface area contributed by atoms with Gasteiger partial charge in [-0.1, -0.05) is 76.1 Å². The highest BCUT2D eigenvalue weighted by molar-refractivity contribution is 8.50. The summed E-state index contributed by atoms with van der Waals surface area (Å²) in [5.74, 6) is 2.47. The predicted molar refractivity (Wildman–Crippen MR) is 112 cm³/mol. The van der Waals surface area contributed by atoms with Gasteiger partial charge in [-0.2, -0.15) is 0 Å². The molecule has 0 aliphatic carbocycles. The van der Waals surface area contributed by atoms with Crippen LogP contribution in [0.25, 0.3) is 0 Å². The molecular formula is C16H36O4P2S2. The third kappa shape index (κ3) is 17.9. The molecule has 0 heterocycles. The van der Waals surface area contributed by atoms with Gasteiger partial charge in [0.15, 0.2) is 0 Å². The summed E-state index contributed by atoms with van der Waals surface area (Å²) < 4.78 is 21.7. The van der Waals surface area contributed by atoms with Crippen LogP contribution in [0.2, 0.25) is 0 Å². The van der Waals surface area contributed by atoms with Crippen molar-refractivity contribution in [2.75, 3.05) is 11.5 Å². The number of hydrogen-bond acceptors (Lipinski definition) is 4. The summed E-state index contributed by atoms with van der Waals surface area (Å²) in [6, 6.07) is 0. The van der Waals surface area contributed by atoms with E-state index in [1.54, 1.807) is 0 Å². The largest absolute Gasteiger partial charge is 0.339 e. The minimum absolute atomic E-state index is 0.372. The smallest absolute Gasteiger partial charge is 0.243 e. The fourth-order valence-electron chi connectivity index (χ4n) is 3.06. The summed E-state index contributed by atoms with van der Waals surface area (Å²) in [5.41, 5.74) is 0.399. The highest BCUT2D eigenvalue weighted by Crippen LogP contribution is 2.38. The molecule has 0 bridgehead atoms. The van der Waals surface area contributed by atoms with Crippen LogP contribution in [0.5, 0.6) is 0 Å². The van der Waals surface area contributed by atoms with E-state index in [0.29, 0.717) is 22.8 Å². The van der Waals surface area contributed by atoms with Gasteiger partial charge < -0.3 is 9.79 Å². The zero-order valence-corrected chi connectivity index (χ0v) is 19.2. The summed E-state index contributed by atoms with van der Waals surface area (Å²) in [7, 11) is -4.94. The second-order valence-electron chi connectivity index (χ2n) is 7.85. The van der Waals surface area contributed by atoms with Crippen molar-refractivity contribution in [2.24, 2.45) is 17.3 Å². The zero-order valence-electron chi connectivity index (χ0n) is 15.5. The second kappa shape index (κ2) is 14.2. The Bertz CT molecular complexity index is 376. The molecule has 4 nitrogen and oxygen atoms in total. The lowest BCUT2D eigenvalue weighted by Crippen LogP contribution is -2.11. The number of rotatable bonds is 14. The van der Waals surface area contributed by atoms with E-state index >= 15 is 0 Å². The zero-order chi connectivity index (χ0) is 18.6. The van der Waals surface area contributed by atoms with E-state index in [4.69, 9.17) is 9.79 Å². The highest BCUT2D eigenvalue weighted by Gasteiger charge is 2.15. The highest BCUT2D eigenvalue weighted by atomic mass is 32.7. The van der Waals surface area contributed by atoms with Gasteiger partial charge in [0, 0.05) is 11.5 Å². The molecule has 0 aliphatic rings. The van der Waals surface area contributed by atoms with Crippen molar-refractivity contribution in [3.05, 3.63) is 0 Å². The van der Waals surface area contributed by atoms with E-state index in [1.165, 1.54) is 25.7 Å². The van der Waals surface area contributed by atoms with Crippen molar-refractivity contribution in [1.82, 2.24) is 0 Å². The van der Waals surface area contributed by atoms with Crippen LogP contribution in [-0.4, -0.2) is 21.3 Å². The van der Waals surface area contributed by atoms with E-state index in [2.05, 4.69) is 27.7 Å². The Morgan fingerprint density at radius 3 is 2.04 bits per heavy atom. The summed E-state index contributed by atoms with van der Waals surface area (Å²) >= 11 is 2.24. The molecule has 2 N–H and O–H groups in total. The lowest BCUT2D eigenvalue weighted by Gasteiger charge is -2.23. The van der Waals surface area contributed by atoms with Gasteiger partial charge in [-0.3, -0.25) is 9.13 Å². The Labute approximate surface area is 157 Å². The molecular weight excluding hydrogens is 382 g/mol. The van der Waals surface area contributed by atoms with Gasteiger partial charge in [-0.15, -0.1) is 0 Å². The lowest BCUT2D eigenvalue weighted by atomic mass is 9.83. The van der Waals surface area contributed by atoms with Crippen molar-refractivity contribution < 1.29 is 18.9 Å². The quantitative estimate of drug-likeness (QED) is 0.257. The molecule has 0 aromatic rings. The first-order chi connectivity index (χ1) is 11.1. The molecule has 8 heteroatoms. The molecule has 0 aliphatic heterocycles. The molecule has 0 spiro atoms. The van der Waals surface area contributed by atoms with Gasteiger partial charge >= 0.3 is 0 Å². The fraction of sp³-hybridized carbons (Fsp3) is 1.00. The predicted octanol–water partition coefficient (Wildman–Crippen LogP) is 6.25. The van der Waals surface area contributed by atoms with Gasteiger partial charge in [0.1, 0.15) is 0 Å². The van der Waals surface area contributed by atoms with Crippen LogP contribution in [0.3, 0.4) is 0 Å². The topological polar surface area (TPSA) is 74.6 Å². The van der Waals surface area contributed by atoms with Gasteiger partial charge in [0.25, 0.3) is 0 Å². The van der Waals surface area contributed by atoms with Crippen molar-refractivity contribution in [3.8, 4) is 0 Å². The average Bonchev–Trinajstić information content (AvgIpc) is 2.41. The lowest BCUT2D eigenvalue weighted by molar-refractivity contribution is 0.291. The van der Waals surface area contributed by atoms with Crippen LogP contribution >= 0.6 is 37.2 Å². The number of unbranched alkanes of at least 4 members (excludes halogenated alkanes) is 2. The molecule has 0 saturated heterocycles. The Hall–Kier alpha value is 1.08. The molecule has 0 aromatic carbocycles. The summed E-state index contributed by atoms with van der Waals surface area (Å²) in [5, 5.41) is 0. The first-order valence-electron chi connectivity index (χ1n) is 8.81. The van der Waals surface area contributed by atoms with Crippen molar-refractivity contribution >= 4 is 37.2 Å². The van der Waals surface area contributed by atoms with E-state index in [1.807, 2.05) is 0 Å². The normalized spacial score (nSPS) is 17.4. The maximum atomic E-state index is 10.9. The first-order valence-corrected chi connectivity index (χ1v) is 14.9. The number of hydrogen-bond donors (Lipinski definition) is 2. The summed E-state index contributed by atoms with van der Waals surface area (Å²) in [4.78, 5) is 17.9. The molecule has 24 heavy (non-hydrogen) atoms. The van der Waals surface area contributed by atoms with Crippen molar-refractivity contribution in [2.45, 2.75) is 72.6 Å². The maximum Gasteiger partial charge on any atom is 0.243 e. The monoisotopic (exact) mass is 418 g/mol. The Kier molecular flexibility index (Phi) is 14.8. The third-order valence-corrected chi connectivity index (χ3v) is 8.13. The molecule has 0 radical (unpaired) electrons. The van der Waals surface area contributed by atoms with E-state index in [0.717, 1.165) is 47.9 Å². The van der Waals surface area contributed by atoms with E-state index in [-0.39, 0.29) is 0 Å². The van der Waals surface area contributed by atoms with Crippen LogP contribution in [0.4, 0.5) is 0 Å². The molecule has 0 fully saturated rings.